The number of amides is 1. The molecule has 0 saturated carbocycles. The molecule has 0 saturated heterocycles. The molecule has 17 heavy (non-hydrogen) atoms. The van der Waals surface area contributed by atoms with Gasteiger partial charge in [-0.15, -0.1) is 11.3 Å². The average Bonchev–Trinajstić information content (AvgIpc) is 2.96. The monoisotopic (exact) mass is 243 g/mol. The molecule has 5 heteroatoms. The van der Waals surface area contributed by atoms with Crippen molar-refractivity contribution in [2.45, 2.75) is 0 Å². The molecule has 0 atom stereocenters. The molecule has 0 unspecified atom stereocenters. The van der Waals surface area contributed by atoms with Crippen LogP contribution in [0.15, 0.2) is 36.5 Å². The third-order valence-electron chi connectivity index (χ3n) is 2.50. The van der Waals surface area contributed by atoms with E-state index in [1.54, 1.807) is 12.1 Å². The van der Waals surface area contributed by atoms with Crippen molar-refractivity contribution in [3.63, 3.8) is 0 Å². The van der Waals surface area contributed by atoms with Gasteiger partial charge in [-0.3, -0.25) is 4.79 Å². The van der Waals surface area contributed by atoms with Crippen LogP contribution >= 0.6 is 11.3 Å². The maximum atomic E-state index is 11.1. The van der Waals surface area contributed by atoms with Crippen LogP contribution in [-0.4, -0.2) is 15.9 Å². The maximum absolute atomic E-state index is 11.1. The number of thiazole rings is 1. The van der Waals surface area contributed by atoms with Crippen LogP contribution in [0.5, 0.6) is 0 Å². The zero-order valence-corrected chi connectivity index (χ0v) is 9.62. The highest BCUT2D eigenvalue weighted by molar-refractivity contribution is 7.21. The fourth-order valence-corrected chi connectivity index (χ4v) is 2.65. The number of rotatable bonds is 2. The number of benzene rings is 1. The van der Waals surface area contributed by atoms with Crippen LogP contribution in [0.1, 0.15) is 10.4 Å². The Hall–Kier alpha value is -2.14. The molecule has 2 aromatic heterocycles. The van der Waals surface area contributed by atoms with Crippen molar-refractivity contribution in [3.05, 3.63) is 42.1 Å². The first-order valence-corrected chi connectivity index (χ1v) is 5.90. The topological polar surface area (TPSA) is 71.8 Å². The summed E-state index contributed by atoms with van der Waals surface area (Å²) in [5, 5.41) is 0.909. The molecule has 4 nitrogen and oxygen atoms in total. The van der Waals surface area contributed by atoms with Gasteiger partial charge < -0.3 is 10.7 Å². The molecule has 84 valence electrons. The Kier molecular flexibility index (Phi) is 2.19. The van der Waals surface area contributed by atoms with E-state index in [0.717, 1.165) is 20.9 Å². The number of fused-ring (bicyclic) bond motifs is 1. The number of nitrogens with zero attached hydrogens (tertiary/aromatic N) is 1. The Balaban J connectivity index is 2.16. The molecule has 2 heterocycles. The lowest BCUT2D eigenvalue weighted by molar-refractivity contribution is 0.100. The van der Waals surface area contributed by atoms with E-state index in [1.807, 2.05) is 24.4 Å². The Bertz CT molecular complexity index is 685. The van der Waals surface area contributed by atoms with Gasteiger partial charge in [-0.2, -0.15) is 0 Å². The van der Waals surface area contributed by atoms with Crippen molar-refractivity contribution in [2.24, 2.45) is 5.73 Å². The molecule has 0 fully saturated rings. The van der Waals surface area contributed by atoms with Gasteiger partial charge in [-0.05, 0) is 30.3 Å². The van der Waals surface area contributed by atoms with Crippen molar-refractivity contribution in [2.75, 3.05) is 0 Å². The first-order valence-electron chi connectivity index (χ1n) is 5.08. The van der Waals surface area contributed by atoms with Crippen molar-refractivity contribution >= 4 is 27.5 Å². The van der Waals surface area contributed by atoms with Crippen LogP contribution in [-0.2, 0) is 0 Å². The number of carbonyl (C=O) groups is 1. The standard InChI is InChI=1S/C12H9N3OS/c13-11(16)7-3-4-8-10(6-7)17-12(15-8)9-2-1-5-14-9/h1-6,14H,(H2,13,16). The minimum Gasteiger partial charge on any atom is -0.366 e. The minimum atomic E-state index is -0.415. The molecule has 0 aliphatic rings. The Morgan fingerprint density at radius 3 is 2.94 bits per heavy atom. The molecule has 3 N–H and O–H groups in total. The average molecular weight is 243 g/mol. The lowest BCUT2D eigenvalue weighted by Gasteiger charge is -1.92. The van der Waals surface area contributed by atoms with Gasteiger partial charge in [0.1, 0.15) is 5.01 Å². The second-order valence-electron chi connectivity index (χ2n) is 3.65. The number of nitrogens with one attached hydrogen (secondary N) is 1. The van der Waals surface area contributed by atoms with Gasteiger partial charge in [0.05, 0.1) is 15.9 Å². The minimum absolute atomic E-state index is 0.415. The van der Waals surface area contributed by atoms with Crippen molar-refractivity contribution in [3.8, 4) is 10.7 Å². The second-order valence-corrected chi connectivity index (χ2v) is 4.68. The van der Waals surface area contributed by atoms with Crippen LogP contribution in [0.2, 0.25) is 0 Å². The number of aromatic amines is 1. The van der Waals surface area contributed by atoms with Gasteiger partial charge in [-0.25, -0.2) is 4.98 Å². The zero-order chi connectivity index (χ0) is 11.8. The summed E-state index contributed by atoms with van der Waals surface area (Å²) in [5.41, 5.74) is 7.62. The predicted molar refractivity (Wildman–Crippen MR) is 67.9 cm³/mol. The normalized spacial score (nSPS) is 10.8. The number of carbonyl (C=O) groups excluding carboxylic acids is 1. The summed E-state index contributed by atoms with van der Waals surface area (Å²) in [6, 6.07) is 9.19. The molecular weight excluding hydrogens is 234 g/mol. The van der Waals surface area contributed by atoms with E-state index in [-0.39, 0.29) is 0 Å². The predicted octanol–water partition coefficient (Wildman–Crippen LogP) is 2.39. The SMILES string of the molecule is NC(=O)c1ccc2nc(-c3ccc[nH]3)sc2c1. The van der Waals surface area contributed by atoms with Gasteiger partial charge in [0.15, 0.2) is 0 Å². The van der Waals surface area contributed by atoms with Gasteiger partial charge in [0.2, 0.25) is 5.91 Å². The molecule has 0 aliphatic carbocycles. The van der Waals surface area contributed by atoms with Crippen LogP contribution in [0, 0.1) is 0 Å². The molecule has 1 amide bonds. The smallest absolute Gasteiger partial charge is 0.248 e. The van der Waals surface area contributed by atoms with Crippen molar-refractivity contribution in [1.82, 2.24) is 9.97 Å². The molecule has 0 aliphatic heterocycles. The molecule has 3 rings (SSSR count). The number of H-pyrrole nitrogens is 1. The van der Waals surface area contributed by atoms with E-state index in [2.05, 4.69) is 9.97 Å². The lowest BCUT2D eigenvalue weighted by atomic mass is 10.2. The number of aromatic nitrogens is 2. The number of hydrogen-bond acceptors (Lipinski definition) is 3. The summed E-state index contributed by atoms with van der Waals surface area (Å²) < 4.78 is 0.964. The van der Waals surface area contributed by atoms with Crippen molar-refractivity contribution in [1.29, 1.82) is 0 Å². The van der Waals surface area contributed by atoms with E-state index in [4.69, 9.17) is 5.73 Å². The van der Waals surface area contributed by atoms with Crippen LogP contribution < -0.4 is 5.73 Å². The molecular formula is C12H9N3OS. The lowest BCUT2D eigenvalue weighted by Crippen LogP contribution is -2.10. The maximum Gasteiger partial charge on any atom is 0.248 e. The molecule has 0 radical (unpaired) electrons. The van der Waals surface area contributed by atoms with Crippen LogP contribution in [0.25, 0.3) is 20.9 Å². The first kappa shape index (κ1) is 10.0. The third kappa shape index (κ3) is 1.70. The van der Waals surface area contributed by atoms with E-state index < -0.39 is 5.91 Å². The Labute approximate surface area is 101 Å². The quantitative estimate of drug-likeness (QED) is 0.725. The molecule has 1 aromatic carbocycles. The van der Waals surface area contributed by atoms with Gasteiger partial charge in [0, 0.05) is 11.8 Å². The fraction of sp³-hybridized carbons (Fsp3) is 0. The molecule has 0 bridgehead atoms. The fourth-order valence-electron chi connectivity index (χ4n) is 1.66. The first-order chi connectivity index (χ1) is 8.24. The summed E-state index contributed by atoms with van der Waals surface area (Å²) in [6.07, 6.45) is 1.86. The summed E-state index contributed by atoms with van der Waals surface area (Å²) >= 11 is 1.54. The second kappa shape index (κ2) is 3.71. The number of hydrogen-bond donors (Lipinski definition) is 2. The highest BCUT2D eigenvalue weighted by Crippen LogP contribution is 2.29. The van der Waals surface area contributed by atoms with Crippen LogP contribution in [0.4, 0.5) is 0 Å². The summed E-state index contributed by atoms with van der Waals surface area (Å²) in [5.74, 6) is -0.415. The zero-order valence-electron chi connectivity index (χ0n) is 8.81. The van der Waals surface area contributed by atoms with Gasteiger partial charge in [-0.1, -0.05) is 0 Å². The van der Waals surface area contributed by atoms with E-state index in [1.165, 1.54) is 11.3 Å². The van der Waals surface area contributed by atoms with Gasteiger partial charge in [0.25, 0.3) is 0 Å². The van der Waals surface area contributed by atoms with E-state index in [0.29, 0.717) is 5.56 Å². The summed E-state index contributed by atoms with van der Waals surface area (Å²) in [6.45, 7) is 0. The van der Waals surface area contributed by atoms with Crippen LogP contribution in [0.3, 0.4) is 0 Å². The largest absolute Gasteiger partial charge is 0.366 e. The Morgan fingerprint density at radius 2 is 2.24 bits per heavy atom. The molecule has 3 aromatic rings. The van der Waals surface area contributed by atoms with E-state index in [9.17, 15) is 4.79 Å². The highest BCUT2D eigenvalue weighted by atomic mass is 32.1. The summed E-state index contributed by atoms with van der Waals surface area (Å²) in [7, 11) is 0. The van der Waals surface area contributed by atoms with Gasteiger partial charge >= 0.3 is 0 Å². The third-order valence-corrected chi connectivity index (χ3v) is 3.55. The highest BCUT2D eigenvalue weighted by Gasteiger charge is 2.08. The Morgan fingerprint density at radius 1 is 1.35 bits per heavy atom. The number of primary amides is 1. The summed E-state index contributed by atoms with van der Waals surface area (Å²) in [4.78, 5) is 18.7. The van der Waals surface area contributed by atoms with E-state index >= 15 is 0 Å². The van der Waals surface area contributed by atoms with Crippen molar-refractivity contribution < 1.29 is 4.79 Å². The number of nitrogens with two attached hydrogens (primary N) is 1. The molecule has 0 spiro atoms.